The van der Waals surface area contributed by atoms with Crippen LogP contribution >= 0.6 is 11.3 Å². The number of aromatic nitrogens is 4. The van der Waals surface area contributed by atoms with Crippen LogP contribution < -0.4 is 0 Å². The Bertz CT molecular complexity index is 4620. The van der Waals surface area contributed by atoms with Gasteiger partial charge in [0, 0.05) is 70.0 Å². The van der Waals surface area contributed by atoms with E-state index in [-0.39, 0.29) is 0 Å². The summed E-state index contributed by atoms with van der Waals surface area (Å²) < 4.78 is 11.9. The Balaban J connectivity index is 0.999. The van der Waals surface area contributed by atoms with E-state index in [9.17, 15) is 0 Å². The highest BCUT2D eigenvalue weighted by Gasteiger charge is 2.24. The van der Waals surface area contributed by atoms with Crippen LogP contribution in [0.4, 0.5) is 0 Å². The average Bonchev–Trinajstić information content (AvgIpc) is 4.08. The van der Waals surface area contributed by atoms with Crippen LogP contribution in [0.25, 0.3) is 147 Å². The predicted octanol–water partition coefficient (Wildman–Crippen LogP) is 17.4. The van der Waals surface area contributed by atoms with E-state index in [2.05, 4.69) is 217 Å². The van der Waals surface area contributed by atoms with Crippen LogP contribution in [0.5, 0.6) is 0 Å². The van der Waals surface area contributed by atoms with Crippen molar-refractivity contribution in [1.82, 2.24) is 19.5 Å². The lowest BCUT2D eigenvalue weighted by Crippen LogP contribution is -2.00. The number of benzene rings is 11. The van der Waals surface area contributed by atoms with Crippen LogP contribution in [0, 0.1) is 0 Å². The molecule has 69 heavy (non-hydrogen) atoms. The van der Waals surface area contributed by atoms with Gasteiger partial charge in [-0.1, -0.05) is 152 Å². The summed E-state index contributed by atoms with van der Waals surface area (Å²) in [5.74, 6) is 1.81. The quantitative estimate of drug-likeness (QED) is 0.173. The maximum Gasteiger partial charge on any atom is 0.164 e. The van der Waals surface area contributed by atoms with E-state index in [4.69, 9.17) is 19.4 Å². The Morgan fingerprint density at radius 2 is 0.986 bits per heavy atom. The molecule has 0 amide bonds. The van der Waals surface area contributed by atoms with E-state index in [1.807, 2.05) is 6.07 Å². The SMILES string of the molecule is c1ccc(-c2cc3c(cc2-n2c4cc5ccccc5cc4c4c5ccccc5ccc42)oc2cccc(-c4nc(-c5ccc6ccccc6c5)nc(-c5ccc6sc7ccccc7c6c5)n4)c23)cc1. The molecular formula is C63H36N4OS. The summed E-state index contributed by atoms with van der Waals surface area (Å²) in [7, 11) is 0. The van der Waals surface area contributed by atoms with Gasteiger partial charge in [-0.2, -0.15) is 0 Å². The van der Waals surface area contributed by atoms with Gasteiger partial charge in [0.15, 0.2) is 17.5 Å². The maximum absolute atomic E-state index is 6.98. The van der Waals surface area contributed by atoms with Gasteiger partial charge in [0.2, 0.25) is 0 Å². The largest absolute Gasteiger partial charge is 0.456 e. The van der Waals surface area contributed by atoms with E-state index in [0.29, 0.717) is 17.5 Å². The smallest absolute Gasteiger partial charge is 0.164 e. The van der Waals surface area contributed by atoms with Gasteiger partial charge in [0.25, 0.3) is 0 Å². The molecule has 0 saturated heterocycles. The van der Waals surface area contributed by atoms with Gasteiger partial charge in [-0.25, -0.2) is 15.0 Å². The molecule has 15 aromatic rings. The van der Waals surface area contributed by atoms with Crippen LogP contribution in [-0.4, -0.2) is 19.5 Å². The molecular weight excluding hydrogens is 861 g/mol. The number of thiophene rings is 1. The summed E-state index contributed by atoms with van der Waals surface area (Å²) in [5.41, 5.74) is 9.79. The minimum absolute atomic E-state index is 0.582. The molecule has 0 spiro atoms. The molecule has 0 saturated carbocycles. The topological polar surface area (TPSA) is 56.7 Å². The number of hydrogen-bond donors (Lipinski definition) is 0. The fraction of sp³-hybridized carbons (Fsp3) is 0. The van der Waals surface area contributed by atoms with E-state index in [0.717, 1.165) is 77.2 Å². The molecule has 0 fully saturated rings. The van der Waals surface area contributed by atoms with Gasteiger partial charge >= 0.3 is 0 Å². The number of nitrogens with zero attached hydrogens (tertiary/aromatic N) is 4. The minimum atomic E-state index is 0.582. The Morgan fingerprint density at radius 3 is 1.83 bits per heavy atom. The first kappa shape index (κ1) is 38.2. The van der Waals surface area contributed by atoms with E-state index in [1.165, 1.54) is 52.5 Å². The molecule has 0 atom stereocenters. The molecule has 4 heterocycles. The first-order valence-corrected chi connectivity index (χ1v) is 24.1. The molecule has 0 aliphatic carbocycles. The molecule has 0 unspecified atom stereocenters. The lowest BCUT2D eigenvalue weighted by atomic mass is 9.98. The van der Waals surface area contributed by atoms with Crippen LogP contribution in [-0.2, 0) is 0 Å². The van der Waals surface area contributed by atoms with Gasteiger partial charge in [-0.15, -0.1) is 11.3 Å². The van der Waals surface area contributed by atoms with Crippen LogP contribution in [0.1, 0.15) is 0 Å². The number of rotatable bonds is 5. The summed E-state index contributed by atoms with van der Waals surface area (Å²) in [5, 5.41) is 14.0. The van der Waals surface area contributed by atoms with Crippen LogP contribution in [0.15, 0.2) is 223 Å². The molecule has 0 aliphatic heterocycles. The van der Waals surface area contributed by atoms with Crippen molar-refractivity contribution in [3.05, 3.63) is 218 Å². The van der Waals surface area contributed by atoms with Crippen molar-refractivity contribution in [3.63, 3.8) is 0 Å². The molecule has 0 radical (unpaired) electrons. The second-order valence-corrected chi connectivity index (χ2v) is 19.0. The molecule has 5 nitrogen and oxygen atoms in total. The number of fused-ring (bicyclic) bond motifs is 13. The monoisotopic (exact) mass is 896 g/mol. The van der Waals surface area contributed by atoms with Gasteiger partial charge in [0.1, 0.15) is 11.2 Å². The van der Waals surface area contributed by atoms with Crippen molar-refractivity contribution >= 4 is 108 Å². The third-order valence-electron chi connectivity index (χ3n) is 14.0. The molecule has 11 aromatic carbocycles. The first-order valence-electron chi connectivity index (χ1n) is 23.2. The third kappa shape index (κ3) is 5.92. The predicted molar refractivity (Wildman–Crippen MR) is 289 cm³/mol. The zero-order valence-electron chi connectivity index (χ0n) is 36.9. The van der Waals surface area contributed by atoms with Gasteiger partial charge in [-0.3, -0.25) is 0 Å². The van der Waals surface area contributed by atoms with Crippen molar-refractivity contribution < 1.29 is 4.42 Å². The molecule has 4 aromatic heterocycles. The highest BCUT2D eigenvalue weighted by molar-refractivity contribution is 7.25. The Morgan fingerprint density at radius 1 is 0.333 bits per heavy atom. The first-order chi connectivity index (χ1) is 34.2. The molecule has 0 aliphatic rings. The fourth-order valence-corrected chi connectivity index (χ4v) is 11.8. The van der Waals surface area contributed by atoms with Crippen molar-refractivity contribution in [2.45, 2.75) is 0 Å². The molecule has 320 valence electrons. The number of hydrogen-bond acceptors (Lipinski definition) is 5. The Labute approximate surface area is 398 Å². The highest BCUT2D eigenvalue weighted by Crippen LogP contribution is 2.45. The van der Waals surface area contributed by atoms with E-state index in [1.54, 1.807) is 11.3 Å². The van der Waals surface area contributed by atoms with Crippen molar-refractivity contribution in [3.8, 4) is 51.0 Å². The lowest BCUT2D eigenvalue weighted by Gasteiger charge is -2.15. The summed E-state index contributed by atoms with van der Waals surface area (Å²) in [6, 6.07) is 78.1. The maximum atomic E-state index is 6.98. The second-order valence-electron chi connectivity index (χ2n) is 17.9. The van der Waals surface area contributed by atoms with E-state index >= 15 is 0 Å². The van der Waals surface area contributed by atoms with Gasteiger partial charge in [-0.05, 0) is 98.5 Å². The van der Waals surface area contributed by atoms with Crippen LogP contribution in [0.3, 0.4) is 0 Å². The number of furan rings is 1. The molecule has 0 N–H and O–H groups in total. The second kappa shape index (κ2) is 14.8. The molecule has 0 bridgehead atoms. The lowest BCUT2D eigenvalue weighted by molar-refractivity contribution is 0.668. The zero-order chi connectivity index (χ0) is 45.2. The standard InChI is InChI=1S/C63H36N4OS/c1-2-14-38(15-3-1)48-35-51-56(36-54(48)67-52-29-27-39-16-8-9-20-45(39)59(52)50-32-41-18-6-7-19-42(41)34-53(50)67)68-55-23-12-22-47(60(51)55)63-65-61(43-26-25-37-13-4-5-17-40(37)31-43)64-62(66-63)44-28-30-58-49(33-44)46-21-10-11-24-57(46)69-58/h1-36H. The average molecular weight is 897 g/mol. The van der Waals surface area contributed by atoms with E-state index < -0.39 is 0 Å². The van der Waals surface area contributed by atoms with Crippen molar-refractivity contribution in [2.75, 3.05) is 0 Å². The third-order valence-corrected chi connectivity index (χ3v) is 15.1. The zero-order valence-corrected chi connectivity index (χ0v) is 37.7. The summed E-state index contributed by atoms with van der Waals surface area (Å²) >= 11 is 1.81. The molecule has 6 heteroatoms. The molecule has 15 rings (SSSR count). The Kier molecular flexibility index (Phi) is 8.17. The normalized spacial score (nSPS) is 12.1. The van der Waals surface area contributed by atoms with Gasteiger partial charge < -0.3 is 8.98 Å². The highest BCUT2D eigenvalue weighted by atomic mass is 32.1. The van der Waals surface area contributed by atoms with Crippen LogP contribution in [0.2, 0.25) is 0 Å². The summed E-state index contributed by atoms with van der Waals surface area (Å²) in [4.78, 5) is 15.9. The van der Waals surface area contributed by atoms with Crippen molar-refractivity contribution in [2.24, 2.45) is 0 Å². The Hall–Kier alpha value is -8.97. The minimum Gasteiger partial charge on any atom is -0.456 e. The summed E-state index contributed by atoms with van der Waals surface area (Å²) in [6.45, 7) is 0. The fourth-order valence-electron chi connectivity index (χ4n) is 10.8. The van der Waals surface area contributed by atoms with Crippen molar-refractivity contribution in [1.29, 1.82) is 0 Å². The van der Waals surface area contributed by atoms with Gasteiger partial charge in [0.05, 0.1) is 16.7 Å². The summed E-state index contributed by atoms with van der Waals surface area (Å²) in [6.07, 6.45) is 0.